The Morgan fingerprint density at radius 3 is 0.875 bits per heavy atom. The summed E-state index contributed by atoms with van der Waals surface area (Å²) < 4.78 is 0. The van der Waals surface area contributed by atoms with Gasteiger partial charge in [0.15, 0.2) is 0 Å². The smallest absolute Gasteiger partial charge is 0.267 e. The summed E-state index contributed by atoms with van der Waals surface area (Å²) in [6.45, 7) is 0. The van der Waals surface area contributed by atoms with E-state index >= 15 is 0 Å². The molecule has 0 radical (unpaired) electrons. The van der Waals surface area contributed by atoms with Gasteiger partial charge in [0.2, 0.25) is 0 Å². The van der Waals surface area contributed by atoms with Crippen LogP contribution >= 0.6 is 12.4 Å². The maximum absolute atomic E-state index is 8.28. The van der Waals surface area contributed by atoms with Crippen LogP contribution in [0.2, 0.25) is 0 Å². The van der Waals surface area contributed by atoms with Crippen molar-refractivity contribution in [2.24, 2.45) is 0 Å². The average Bonchev–Trinajstić information content (AvgIpc) is 1.25. The quantitative estimate of drug-likeness (QED) is 0.421. The van der Waals surface area contributed by atoms with Crippen LogP contribution < -0.4 is 0 Å². The molecule has 8 heteroatoms. The molecule has 0 aliphatic rings. The van der Waals surface area contributed by atoms with Gasteiger partial charge in [0.1, 0.15) is 0 Å². The minimum absolute atomic E-state index is 3.89. The van der Waals surface area contributed by atoms with Crippen molar-refractivity contribution in [3.05, 3.63) is 0 Å². The zero-order chi connectivity index (χ0) is 7.00. The van der Waals surface area contributed by atoms with Crippen LogP contribution in [0.3, 0.4) is 0 Å². The van der Waals surface area contributed by atoms with Crippen LogP contribution in [0.25, 0.3) is 0 Å². The van der Waals surface area contributed by atoms with Gasteiger partial charge in [0, 0.05) is 0 Å². The van der Waals surface area contributed by atoms with Gasteiger partial charge in [-0.05, 0) is 23.6 Å². The second-order valence-electron chi connectivity index (χ2n) is 1.03. The average molecular weight is 194 g/mol. The minimum atomic E-state index is -3.98. The Morgan fingerprint density at radius 2 is 0.875 bits per heavy atom. The first-order chi connectivity index (χ1) is 3.25. The van der Waals surface area contributed by atoms with Crippen molar-refractivity contribution in [2.75, 3.05) is 0 Å². The summed E-state index contributed by atoms with van der Waals surface area (Å²) in [6.07, 6.45) is -7.96. The van der Waals surface area contributed by atoms with Crippen molar-refractivity contribution in [2.45, 2.75) is 0 Å². The summed E-state index contributed by atoms with van der Waals surface area (Å²) in [4.78, 5) is 33.1. The maximum atomic E-state index is 8.28. The molecule has 0 saturated heterocycles. The first-order valence-electron chi connectivity index (χ1n) is 1.37. The van der Waals surface area contributed by atoms with Crippen molar-refractivity contribution in [3.8, 4) is 0 Å². The first-order valence-corrected chi connectivity index (χ1v) is 7.49. The summed E-state index contributed by atoms with van der Waals surface area (Å²) in [5.74, 6) is 0. The molecule has 0 heterocycles. The van der Waals surface area contributed by atoms with Gasteiger partial charge in [-0.1, -0.05) is 0 Å². The Kier molecular flexibility index (Phi) is 2.75. The molecule has 4 N–H and O–H groups in total. The number of rotatable bonds is 1. The van der Waals surface area contributed by atoms with E-state index in [1.165, 1.54) is 0 Å². The lowest BCUT2D eigenvalue weighted by Gasteiger charge is -2.10. The Morgan fingerprint density at radius 1 is 0.750 bits per heavy atom. The molecule has 0 aromatic carbocycles. The Balaban J connectivity index is 4.53. The summed E-state index contributed by atoms with van der Waals surface area (Å²) in [5.41, 5.74) is 0. The molecule has 0 fully saturated rings. The molecule has 0 aliphatic heterocycles. The topological polar surface area (TPSA) is 80.9 Å². The molecule has 0 rings (SSSR count). The van der Waals surface area contributed by atoms with Crippen LogP contribution in [0.1, 0.15) is 0 Å². The van der Waals surface area contributed by atoms with E-state index in [-0.39, 0.29) is 0 Å². The largest absolute Gasteiger partial charge is 0.339 e. The first kappa shape index (κ1) is 9.14. The molecule has 0 saturated carbocycles. The van der Waals surface area contributed by atoms with Gasteiger partial charge in [-0.3, -0.25) is 0 Å². The van der Waals surface area contributed by atoms with Crippen LogP contribution in [-0.2, 0) is 23.6 Å². The molecular formula is H4O4P2S2. The second-order valence-corrected chi connectivity index (χ2v) is 11.1. The van der Waals surface area contributed by atoms with Crippen LogP contribution in [-0.4, -0.2) is 19.6 Å². The fraction of sp³-hybridized carbons (Fsp3) is 0. The SMILES string of the molecule is OP(O)(=S)P(O)(O)=S. The van der Waals surface area contributed by atoms with E-state index < -0.39 is 12.4 Å². The van der Waals surface area contributed by atoms with Crippen molar-refractivity contribution in [1.29, 1.82) is 0 Å². The third-order valence-corrected chi connectivity index (χ3v) is 8.08. The number of hydrogen-bond acceptors (Lipinski definition) is 2. The summed E-state index contributed by atoms with van der Waals surface area (Å²) >= 11 is 7.78. The molecule has 0 atom stereocenters. The molecule has 0 amide bonds. The fourth-order valence-corrected chi connectivity index (χ4v) is 0. The van der Waals surface area contributed by atoms with Gasteiger partial charge in [-0.2, -0.15) is 0 Å². The van der Waals surface area contributed by atoms with Crippen molar-refractivity contribution in [1.82, 2.24) is 0 Å². The lowest BCUT2D eigenvalue weighted by Crippen LogP contribution is -1.77. The molecule has 8 heavy (non-hydrogen) atoms. The molecule has 0 aromatic heterocycles. The second kappa shape index (κ2) is 2.40. The van der Waals surface area contributed by atoms with Crippen LogP contribution in [0.4, 0.5) is 0 Å². The zero-order valence-electron chi connectivity index (χ0n) is 3.50. The molecule has 0 spiro atoms. The molecule has 0 bridgehead atoms. The van der Waals surface area contributed by atoms with Crippen molar-refractivity contribution in [3.63, 3.8) is 0 Å². The van der Waals surface area contributed by atoms with Crippen LogP contribution in [0.5, 0.6) is 0 Å². The van der Waals surface area contributed by atoms with Gasteiger partial charge in [-0.15, -0.1) is 0 Å². The van der Waals surface area contributed by atoms with Crippen LogP contribution in [0.15, 0.2) is 0 Å². The predicted molar refractivity (Wildman–Crippen MR) is 37.4 cm³/mol. The highest BCUT2D eigenvalue weighted by molar-refractivity contribution is 8.59. The minimum Gasteiger partial charge on any atom is -0.339 e. The molecular weight excluding hydrogens is 190 g/mol. The van der Waals surface area contributed by atoms with E-state index in [2.05, 4.69) is 23.6 Å². The summed E-state index contributed by atoms with van der Waals surface area (Å²) in [7, 11) is 0. The number of hydrogen-bond donors (Lipinski definition) is 4. The van der Waals surface area contributed by atoms with E-state index in [9.17, 15) is 0 Å². The van der Waals surface area contributed by atoms with E-state index in [0.717, 1.165) is 0 Å². The Bertz CT molecular complexity index is 141. The van der Waals surface area contributed by atoms with E-state index in [4.69, 9.17) is 19.6 Å². The third kappa shape index (κ3) is 2.62. The Hall–Kier alpha value is 1.14. The molecule has 0 aromatic rings. The predicted octanol–water partition coefficient (Wildman–Crippen LogP) is -0.510. The summed E-state index contributed by atoms with van der Waals surface area (Å²) in [5, 5.41) is 0. The van der Waals surface area contributed by atoms with Crippen molar-refractivity contribution < 1.29 is 19.6 Å². The van der Waals surface area contributed by atoms with Gasteiger partial charge in [-0.25, -0.2) is 0 Å². The van der Waals surface area contributed by atoms with Crippen LogP contribution in [0, 0.1) is 0 Å². The maximum Gasteiger partial charge on any atom is 0.267 e. The van der Waals surface area contributed by atoms with Gasteiger partial charge in [0.25, 0.3) is 12.4 Å². The highest BCUT2D eigenvalue weighted by Gasteiger charge is 2.26. The van der Waals surface area contributed by atoms with Gasteiger partial charge >= 0.3 is 0 Å². The fourth-order valence-electron chi connectivity index (χ4n) is 0. The zero-order valence-corrected chi connectivity index (χ0v) is 6.92. The normalized spacial score (nSPS) is 14.0. The standard InChI is InChI=1S/H4O4P2S2/c1-5(2,7)6(3,4)8/h(H2,1,2,7)(H2,3,4,8). The van der Waals surface area contributed by atoms with E-state index in [1.54, 1.807) is 0 Å². The molecule has 4 nitrogen and oxygen atoms in total. The molecule has 0 aliphatic carbocycles. The lowest BCUT2D eigenvalue weighted by atomic mass is 15.9. The molecule has 50 valence electrons. The van der Waals surface area contributed by atoms with Crippen molar-refractivity contribution >= 4 is 36.0 Å². The van der Waals surface area contributed by atoms with Gasteiger partial charge < -0.3 is 19.6 Å². The van der Waals surface area contributed by atoms with Gasteiger partial charge in [0.05, 0.1) is 0 Å². The third-order valence-electron chi connectivity index (χ3n) is 0.339. The highest BCUT2D eigenvalue weighted by Crippen LogP contribution is 2.71. The van der Waals surface area contributed by atoms with E-state index in [1.807, 2.05) is 0 Å². The van der Waals surface area contributed by atoms with E-state index in [0.29, 0.717) is 0 Å². The highest BCUT2D eigenvalue weighted by atomic mass is 32.8. The Labute approximate surface area is 56.0 Å². The lowest BCUT2D eigenvalue weighted by molar-refractivity contribution is 0.453. The monoisotopic (exact) mass is 194 g/mol. The molecule has 0 unspecified atom stereocenters. The summed E-state index contributed by atoms with van der Waals surface area (Å²) in [6, 6.07) is 0.